The molecule has 6 nitrogen and oxygen atoms in total. The Morgan fingerprint density at radius 3 is 2.73 bits per heavy atom. The zero-order valence-corrected chi connectivity index (χ0v) is 19.0. The molecule has 2 amide bonds. The van der Waals surface area contributed by atoms with Crippen molar-refractivity contribution in [2.45, 2.75) is 65.2 Å². The molecule has 1 aromatic rings. The molecule has 2 aliphatic rings. The molecule has 1 aromatic heterocycles. The lowest BCUT2D eigenvalue weighted by Crippen LogP contribution is -2.33. The number of allylic oxidation sites excluding steroid dienone is 2. The fraction of sp³-hybridized carbons (Fsp3) is 0.609. The molecule has 0 saturated carbocycles. The lowest BCUT2D eigenvalue weighted by molar-refractivity contribution is -0.120. The minimum Gasteiger partial charge on any atom is -0.465 e. The number of carbonyl (C=O) groups is 3. The van der Waals surface area contributed by atoms with Crippen molar-refractivity contribution in [1.29, 1.82) is 0 Å². The van der Waals surface area contributed by atoms with Gasteiger partial charge in [0, 0.05) is 30.8 Å². The zero-order valence-electron chi connectivity index (χ0n) is 18.2. The monoisotopic (exact) mass is 432 g/mol. The van der Waals surface area contributed by atoms with Crippen LogP contribution >= 0.6 is 11.3 Å². The Kier molecular flexibility index (Phi) is 7.34. The summed E-state index contributed by atoms with van der Waals surface area (Å²) in [5.74, 6) is -0.313. The summed E-state index contributed by atoms with van der Waals surface area (Å²) >= 11 is 1.42. The van der Waals surface area contributed by atoms with E-state index in [0.29, 0.717) is 36.5 Å². The largest absolute Gasteiger partial charge is 0.465 e. The van der Waals surface area contributed by atoms with Gasteiger partial charge in [-0.05, 0) is 55.6 Å². The number of amides is 2. The van der Waals surface area contributed by atoms with Gasteiger partial charge in [0.15, 0.2) is 0 Å². The standard InChI is InChI=1S/C23H32N2O4S/c1-4-20(27)25(12-8-11-23(2)14-19(26)24-15-23)17-13-18(16-9-6-5-7-10-16)30-21(17)22(28)29-3/h9,13H,4-8,10-12,14-15H2,1-3H3,(H,24,26). The van der Waals surface area contributed by atoms with E-state index < -0.39 is 5.97 Å². The maximum atomic E-state index is 12.8. The first kappa shape index (κ1) is 22.5. The van der Waals surface area contributed by atoms with Crippen LogP contribution < -0.4 is 10.2 Å². The number of methoxy groups -OCH3 is 1. The Bertz CT molecular complexity index is 844. The van der Waals surface area contributed by atoms with Gasteiger partial charge in [-0.1, -0.05) is 19.9 Å². The third-order valence-electron chi connectivity index (χ3n) is 6.05. The summed E-state index contributed by atoms with van der Waals surface area (Å²) in [6.45, 7) is 5.15. The summed E-state index contributed by atoms with van der Waals surface area (Å²) in [6, 6.07) is 1.99. The number of nitrogens with zero attached hydrogens (tertiary/aromatic N) is 1. The van der Waals surface area contributed by atoms with E-state index in [1.807, 2.05) is 13.0 Å². The highest BCUT2D eigenvalue weighted by molar-refractivity contribution is 7.15. The Labute approximate surface area is 182 Å². The van der Waals surface area contributed by atoms with Gasteiger partial charge in [0.2, 0.25) is 11.8 Å². The van der Waals surface area contributed by atoms with E-state index in [2.05, 4.69) is 18.3 Å². The lowest BCUT2D eigenvalue weighted by Gasteiger charge is -2.26. The summed E-state index contributed by atoms with van der Waals surface area (Å²) in [7, 11) is 1.38. The van der Waals surface area contributed by atoms with Crippen LogP contribution in [-0.4, -0.2) is 38.0 Å². The van der Waals surface area contributed by atoms with Crippen LogP contribution in [0.2, 0.25) is 0 Å². The summed E-state index contributed by atoms with van der Waals surface area (Å²) in [4.78, 5) is 40.2. The first-order valence-electron chi connectivity index (χ1n) is 10.9. The van der Waals surface area contributed by atoms with Crippen molar-refractivity contribution in [2.24, 2.45) is 5.41 Å². The minimum absolute atomic E-state index is 0.00657. The molecule has 1 aliphatic carbocycles. The third kappa shape index (κ3) is 5.12. The van der Waals surface area contributed by atoms with E-state index in [1.54, 1.807) is 4.90 Å². The Morgan fingerprint density at radius 2 is 2.13 bits per heavy atom. The Morgan fingerprint density at radius 1 is 1.33 bits per heavy atom. The van der Waals surface area contributed by atoms with E-state index in [1.165, 1.54) is 30.4 Å². The van der Waals surface area contributed by atoms with Gasteiger partial charge in [-0.15, -0.1) is 11.3 Å². The summed E-state index contributed by atoms with van der Waals surface area (Å²) in [6.07, 6.45) is 9.15. The normalized spacial score (nSPS) is 21.2. The van der Waals surface area contributed by atoms with Crippen molar-refractivity contribution in [3.8, 4) is 0 Å². The molecule has 0 spiro atoms. The summed E-state index contributed by atoms with van der Waals surface area (Å²) < 4.78 is 5.02. The second-order valence-corrected chi connectivity index (χ2v) is 9.61. The molecule has 1 N–H and O–H groups in total. The molecular weight excluding hydrogens is 400 g/mol. The molecule has 1 atom stereocenters. The van der Waals surface area contributed by atoms with Crippen molar-refractivity contribution in [2.75, 3.05) is 25.1 Å². The molecule has 1 aliphatic heterocycles. The number of hydrogen-bond donors (Lipinski definition) is 1. The maximum Gasteiger partial charge on any atom is 0.350 e. The minimum atomic E-state index is -0.399. The topological polar surface area (TPSA) is 75.7 Å². The summed E-state index contributed by atoms with van der Waals surface area (Å²) in [5.41, 5.74) is 1.84. The van der Waals surface area contributed by atoms with E-state index in [0.717, 1.165) is 37.0 Å². The highest BCUT2D eigenvalue weighted by atomic mass is 32.1. The molecule has 1 unspecified atom stereocenters. The fourth-order valence-corrected chi connectivity index (χ4v) is 5.42. The van der Waals surface area contributed by atoms with Gasteiger partial charge in [0.05, 0.1) is 12.8 Å². The zero-order chi connectivity index (χ0) is 21.7. The molecule has 164 valence electrons. The average molecular weight is 433 g/mol. The predicted octanol–water partition coefficient (Wildman–Crippen LogP) is 4.54. The number of rotatable bonds is 8. The van der Waals surface area contributed by atoms with Gasteiger partial charge in [-0.3, -0.25) is 9.59 Å². The van der Waals surface area contributed by atoms with Crippen molar-refractivity contribution >= 4 is 40.4 Å². The van der Waals surface area contributed by atoms with Gasteiger partial charge in [0.25, 0.3) is 0 Å². The van der Waals surface area contributed by atoms with Crippen molar-refractivity contribution in [3.63, 3.8) is 0 Å². The molecule has 0 aromatic carbocycles. The van der Waals surface area contributed by atoms with Gasteiger partial charge in [0.1, 0.15) is 4.88 Å². The van der Waals surface area contributed by atoms with Gasteiger partial charge in [-0.25, -0.2) is 4.79 Å². The highest BCUT2D eigenvalue weighted by Crippen LogP contribution is 2.39. The van der Waals surface area contributed by atoms with Crippen LogP contribution in [0.4, 0.5) is 5.69 Å². The second-order valence-electron chi connectivity index (χ2n) is 8.56. The van der Waals surface area contributed by atoms with Crippen LogP contribution in [0.25, 0.3) is 5.57 Å². The van der Waals surface area contributed by atoms with Crippen LogP contribution in [0.5, 0.6) is 0 Å². The number of anilines is 1. The lowest BCUT2D eigenvalue weighted by atomic mass is 9.84. The number of esters is 1. The van der Waals surface area contributed by atoms with Gasteiger partial charge < -0.3 is 15.0 Å². The second kappa shape index (κ2) is 9.77. The fourth-order valence-electron chi connectivity index (χ4n) is 4.28. The molecule has 0 radical (unpaired) electrons. The predicted molar refractivity (Wildman–Crippen MR) is 120 cm³/mol. The van der Waals surface area contributed by atoms with Crippen LogP contribution in [0.15, 0.2) is 12.1 Å². The van der Waals surface area contributed by atoms with E-state index in [4.69, 9.17) is 4.74 Å². The average Bonchev–Trinajstić information content (AvgIpc) is 3.34. The van der Waals surface area contributed by atoms with Crippen molar-refractivity contribution < 1.29 is 19.1 Å². The number of carbonyl (C=O) groups excluding carboxylic acids is 3. The van der Waals surface area contributed by atoms with Gasteiger partial charge >= 0.3 is 5.97 Å². The summed E-state index contributed by atoms with van der Waals surface area (Å²) in [5, 5.41) is 2.90. The third-order valence-corrected chi connectivity index (χ3v) is 7.23. The van der Waals surface area contributed by atoms with Crippen molar-refractivity contribution in [3.05, 3.63) is 21.9 Å². The molecule has 1 saturated heterocycles. The molecular formula is C23H32N2O4S. The number of ether oxygens (including phenoxy) is 1. The van der Waals surface area contributed by atoms with E-state index >= 15 is 0 Å². The number of hydrogen-bond acceptors (Lipinski definition) is 5. The molecule has 1 fully saturated rings. The van der Waals surface area contributed by atoms with E-state index in [9.17, 15) is 14.4 Å². The van der Waals surface area contributed by atoms with Crippen LogP contribution in [0.3, 0.4) is 0 Å². The molecule has 3 rings (SSSR count). The molecule has 0 bridgehead atoms. The van der Waals surface area contributed by atoms with Gasteiger partial charge in [-0.2, -0.15) is 0 Å². The Hall–Kier alpha value is -2.15. The highest BCUT2D eigenvalue weighted by Gasteiger charge is 2.34. The van der Waals surface area contributed by atoms with Crippen LogP contribution in [0.1, 0.15) is 79.8 Å². The van der Waals surface area contributed by atoms with Crippen LogP contribution in [-0.2, 0) is 14.3 Å². The van der Waals surface area contributed by atoms with Crippen molar-refractivity contribution in [1.82, 2.24) is 5.32 Å². The number of nitrogens with one attached hydrogen (secondary N) is 1. The molecule has 7 heteroatoms. The first-order valence-corrected chi connectivity index (χ1v) is 11.7. The smallest absolute Gasteiger partial charge is 0.350 e. The number of thiophene rings is 1. The SMILES string of the molecule is CCC(=O)N(CCCC1(C)CNC(=O)C1)c1cc(C2=CCCCC2)sc1C(=O)OC. The maximum absolute atomic E-state index is 12.8. The van der Waals surface area contributed by atoms with Crippen LogP contribution in [0, 0.1) is 5.41 Å². The molecule has 30 heavy (non-hydrogen) atoms. The first-order chi connectivity index (χ1) is 14.4. The molecule has 2 heterocycles. The Balaban J connectivity index is 1.84. The van der Waals surface area contributed by atoms with E-state index in [-0.39, 0.29) is 17.2 Å². The quantitative estimate of drug-likeness (QED) is 0.612.